The minimum atomic E-state index is -1.61. The quantitative estimate of drug-likeness (QED) is 0.428. The third kappa shape index (κ3) is 4.46. The highest BCUT2D eigenvalue weighted by molar-refractivity contribution is 6.30. The van der Waals surface area contributed by atoms with Crippen molar-refractivity contribution in [3.05, 3.63) is 91.0 Å². The van der Waals surface area contributed by atoms with Crippen LogP contribution in [-0.2, 0) is 6.54 Å². The standard InChI is InChI=1S/C23H18ClFN6O3/c1-12-15(9-26)7-16(24)8-19(12)34-21-20(13(2)25)27-11-31(23(21)33)10-14-3-4-17(29-22(14)32)18-5-6-28-30-18/h3-8,11,13H,10H2,1-2H3,(H,28,30)(H,29,32). The van der Waals surface area contributed by atoms with E-state index >= 15 is 0 Å². The van der Waals surface area contributed by atoms with Gasteiger partial charge in [-0.25, -0.2) is 9.37 Å². The van der Waals surface area contributed by atoms with Crippen LogP contribution in [0.25, 0.3) is 11.4 Å². The molecule has 0 saturated heterocycles. The van der Waals surface area contributed by atoms with Crippen molar-refractivity contribution in [2.75, 3.05) is 0 Å². The van der Waals surface area contributed by atoms with Crippen LogP contribution in [0.4, 0.5) is 4.39 Å². The van der Waals surface area contributed by atoms with Crippen LogP contribution in [0.3, 0.4) is 0 Å². The highest BCUT2D eigenvalue weighted by atomic mass is 35.5. The number of H-pyrrole nitrogens is 2. The highest BCUT2D eigenvalue weighted by Gasteiger charge is 2.21. The second-order valence-corrected chi connectivity index (χ2v) is 7.93. The zero-order valence-corrected chi connectivity index (χ0v) is 18.9. The number of aromatic amines is 2. The molecule has 0 amide bonds. The number of aromatic nitrogens is 5. The van der Waals surface area contributed by atoms with Crippen molar-refractivity contribution in [2.24, 2.45) is 0 Å². The molecule has 0 aliphatic carbocycles. The number of benzene rings is 1. The van der Waals surface area contributed by atoms with Crippen molar-refractivity contribution in [1.29, 1.82) is 5.26 Å². The normalized spacial score (nSPS) is 11.7. The minimum absolute atomic E-state index is 0.125. The van der Waals surface area contributed by atoms with Crippen LogP contribution < -0.4 is 15.9 Å². The predicted octanol–water partition coefficient (Wildman–Crippen LogP) is 4.03. The smallest absolute Gasteiger partial charge is 0.297 e. The van der Waals surface area contributed by atoms with Gasteiger partial charge in [-0.05, 0) is 44.2 Å². The van der Waals surface area contributed by atoms with E-state index in [1.54, 1.807) is 31.3 Å². The molecule has 34 heavy (non-hydrogen) atoms. The summed E-state index contributed by atoms with van der Waals surface area (Å²) in [5.74, 6) is -0.221. The molecule has 0 fully saturated rings. The first kappa shape index (κ1) is 22.9. The van der Waals surface area contributed by atoms with Gasteiger partial charge in [0.2, 0.25) is 5.75 Å². The van der Waals surface area contributed by atoms with Crippen molar-refractivity contribution in [2.45, 2.75) is 26.6 Å². The summed E-state index contributed by atoms with van der Waals surface area (Å²) in [4.78, 5) is 32.6. The molecule has 1 aromatic carbocycles. The van der Waals surface area contributed by atoms with E-state index < -0.39 is 17.3 Å². The van der Waals surface area contributed by atoms with Crippen molar-refractivity contribution in [3.8, 4) is 29.0 Å². The summed E-state index contributed by atoms with van der Waals surface area (Å²) in [7, 11) is 0. The first-order valence-corrected chi connectivity index (χ1v) is 10.5. The second kappa shape index (κ2) is 9.33. The number of hydrogen-bond acceptors (Lipinski definition) is 6. The number of nitrogens with zero attached hydrogens (tertiary/aromatic N) is 4. The summed E-state index contributed by atoms with van der Waals surface area (Å²) in [5, 5.41) is 16.1. The molecule has 11 heteroatoms. The third-order valence-electron chi connectivity index (χ3n) is 5.18. The van der Waals surface area contributed by atoms with E-state index in [0.29, 0.717) is 17.0 Å². The Morgan fingerprint density at radius 3 is 2.71 bits per heavy atom. The van der Waals surface area contributed by atoms with Gasteiger partial charge in [0.05, 0.1) is 35.9 Å². The van der Waals surface area contributed by atoms with Gasteiger partial charge in [0.25, 0.3) is 11.1 Å². The topological polar surface area (TPSA) is 129 Å². The largest absolute Gasteiger partial charge is 0.449 e. The van der Waals surface area contributed by atoms with Gasteiger partial charge in [-0.3, -0.25) is 19.3 Å². The lowest BCUT2D eigenvalue weighted by atomic mass is 10.1. The van der Waals surface area contributed by atoms with Crippen LogP contribution in [0, 0.1) is 18.3 Å². The molecule has 9 nitrogen and oxygen atoms in total. The maximum atomic E-state index is 14.3. The van der Waals surface area contributed by atoms with Gasteiger partial charge < -0.3 is 9.72 Å². The molecule has 1 unspecified atom stereocenters. The molecule has 172 valence electrons. The van der Waals surface area contributed by atoms with Crippen LogP contribution in [0.2, 0.25) is 5.02 Å². The number of rotatable bonds is 6. The van der Waals surface area contributed by atoms with E-state index in [1.165, 1.54) is 19.1 Å². The molecule has 4 rings (SSSR count). The fraction of sp³-hybridized carbons (Fsp3) is 0.174. The SMILES string of the molecule is Cc1c(C#N)cc(Cl)cc1Oc1c(C(C)F)ncn(Cc2ccc(-c3ccn[nH]3)[nH]c2=O)c1=O. The van der Waals surface area contributed by atoms with Crippen LogP contribution in [0.15, 0.2) is 52.4 Å². The fourth-order valence-corrected chi connectivity index (χ4v) is 3.54. The summed E-state index contributed by atoms with van der Waals surface area (Å²) < 4.78 is 21.2. The lowest BCUT2D eigenvalue weighted by Gasteiger charge is -2.15. The predicted molar refractivity (Wildman–Crippen MR) is 123 cm³/mol. The maximum Gasteiger partial charge on any atom is 0.297 e. The van der Waals surface area contributed by atoms with E-state index in [4.69, 9.17) is 16.3 Å². The molecule has 0 aliphatic heterocycles. The lowest BCUT2D eigenvalue weighted by Crippen LogP contribution is -2.27. The summed E-state index contributed by atoms with van der Waals surface area (Å²) >= 11 is 6.07. The zero-order chi connectivity index (χ0) is 24.4. The Morgan fingerprint density at radius 1 is 1.26 bits per heavy atom. The van der Waals surface area contributed by atoms with Gasteiger partial charge in [-0.1, -0.05) is 11.6 Å². The summed E-state index contributed by atoms with van der Waals surface area (Å²) in [6, 6.07) is 9.85. The van der Waals surface area contributed by atoms with Gasteiger partial charge in [0.1, 0.15) is 17.6 Å². The van der Waals surface area contributed by atoms with Crippen molar-refractivity contribution in [1.82, 2.24) is 24.7 Å². The number of nitriles is 1. The number of ether oxygens (including phenoxy) is 1. The molecule has 0 bridgehead atoms. The highest BCUT2D eigenvalue weighted by Crippen LogP contribution is 2.32. The minimum Gasteiger partial charge on any atom is -0.449 e. The van der Waals surface area contributed by atoms with E-state index in [1.807, 2.05) is 6.07 Å². The molecule has 0 saturated carbocycles. The van der Waals surface area contributed by atoms with Crippen molar-refractivity contribution >= 4 is 11.6 Å². The second-order valence-electron chi connectivity index (χ2n) is 7.50. The maximum absolute atomic E-state index is 14.3. The Morgan fingerprint density at radius 2 is 2.06 bits per heavy atom. The van der Waals surface area contributed by atoms with Crippen LogP contribution in [0.5, 0.6) is 11.5 Å². The number of halogens is 2. The van der Waals surface area contributed by atoms with Crippen LogP contribution >= 0.6 is 11.6 Å². The first-order valence-electron chi connectivity index (χ1n) is 10.1. The van der Waals surface area contributed by atoms with Gasteiger partial charge in [-0.15, -0.1) is 0 Å². The number of hydrogen-bond donors (Lipinski definition) is 2. The van der Waals surface area contributed by atoms with Crippen molar-refractivity contribution in [3.63, 3.8) is 0 Å². The van der Waals surface area contributed by atoms with E-state index in [-0.39, 0.29) is 39.9 Å². The van der Waals surface area contributed by atoms with E-state index in [9.17, 15) is 19.2 Å². The fourth-order valence-electron chi connectivity index (χ4n) is 3.34. The van der Waals surface area contributed by atoms with Gasteiger partial charge in [0.15, 0.2) is 0 Å². The monoisotopic (exact) mass is 480 g/mol. The Hall–Kier alpha value is -4.23. The lowest BCUT2D eigenvalue weighted by molar-refractivity contribution is 0.344. The molecule has 0 spiro atoms. The molecule has 2 N–H and O–H groups in total. The summed E-state index contributed by atoms with van der Waals surface area (Å²) in [6.07, 6.45) is 1.11. The Labute approximate surface area is 197 Å². The summed E-state index contributed by atoms with van der Waals surface area (Å²) in [6.45, 7) is 2.72. The summed E-state index contributed by atoms with van der Waals surface area (Å²) in [5.41, 5.74) is 0.835. The number of alkyl halides is 1. The average Bonchev–Trinajstić information content (AvgIpc) is 3.34. The zero-order valence-electron chi connectivity index (χ0n) is 18.1. The molecule has 4 aromatic rings. The van der Waals surface area contributed by atoms with Gasteiger partial charge in [0, 0.05) is 22.3 Å². The van der Waals surface area contributed by atoms with Crippen LogP contribution in [-0.4, -0.2) is 24.7 Å². The molecule has 3 heterocycles. The molecular formula is C23H18ClFN6O3. The molecule has 1 atom stereocenters. The van der Waals surface area contributed by atoms with Crippen LogP contribution in [0.1, 0.15) is 35.5 Å². The molecular weight excluding hydrogens is 463 g/mol. The van der Waals surface area contributed by atoms with Gasteiger partial charge >= 0.3 is 0 Å². The Kier molecular flexibility index (Phi) is 6.30. The van der Waals surface area contributed by atoms with E-state index in [2.05, 4.69) is 20.2 Å². The van der Waals surface area contributed by atoms with Gasteiger partial charge in [-0.2, -0.15) is 10.4 Å². The Bertz CT molecular complexity index is 1520. The average molecular weight is 481 g/mol. The first-order chi connectivity index (χ1) is 16.3. The van der Waals surface area contributed by atoms with Crippen molar-refractivity contribution < 1.29 is 9.13 Å². The molecule has 3 aromatic heterocycles. The molecule has 0 aliphatic rings. The third-order valence-corrected chi connectivity index (χ3v) is 5.40. The number of nitrogens with one attached hydrogen (secondary N) is 2. The van der Waals surface area contributed by atoms with E-state index in [0.717, 1.165) is 10.9 Å². The Balaban J connectivity index is 1.74. The number of pyridine rings is 1. The molecule has 0 radical (unpaired) electrons.